The average Bonchev–Trinajstić information content (AvgIpc) is 3.12. The summed E-state index contributed by atoms with van der Waals surface area (Å²) in [6, 6.07) is 10.3. The van der Waals surface area contributed by atoms with Crippen molar-refractivity contribution in [2.45, 2.75) is 20.3 Å². The van der Waals surface area contributed by atoms with Gasteiger partial charge in [0.2, 0.25) is 0 Å². The van der Waals surface area contributed by atoms with E-state index >= 15 is 0 Å². The third kappa shape index (κ3) is 3.18. The van der Waals surface area contributed by atoms with Gasteiger partial charge in [0.15, 0.2) is 17.5 Å². The van der Waals surface area contributed by atoms with Crippen molar-refractivity contribution in [1.82, 2.24) is 24.5 Å². The summed E-state index contributed by atoms with van der Waals surface area (Å²) in [7, 11) is 5.99. The van der Waals surface area contributed by atoms with Crippen molar-refractivity contribution in [3.63, 3.8) is 0 Å². The van der Waals surface area contributed by atoms with E-state index in [0.29, 0.717) is 5.92 Å². The summed E-state index contributed by atoms with van der Waals surface area (Å²) in [4.78, 5) is 6.90. The molecule has 24 heavy (non-hydrogen) atoms. The molecule has 2 heterocycles. The van der Waals surface area contributed by atoms with Gasteiger partial charge in [-0.15, -0.1) is 5.10 Å². The molecule has 0 unspecified atom stereocenters. The molecular weight excluding hydrogens is 300 g/mol. The molecule has 3 aromatic rings. The molecular formula is C18H24N6. The van der Waals surface area contributed by atoms with E-state index < -0.39 is 0 Å². The highest BCUT2D eigenvalue weighted by Crippen LogP contribution is 2.25. The number of rotatable bonds is 5. The summed E-state index contributed by atoms with van der Waals surface area (Å²) >= 11 is 0. The first-order valence-electron chi connectivity index (χ1n) is 8.17. The maximum absolute atomic E-state index is 4.81. The number of hydrogen-bond acceptors (Lipinski definition) is 4. The Morgan fingerprint density at radius 2 is 1.96 bits per heavy atom. The van der Waals surface area contributed by atoms with Gasteiger partial charge in [-0.3, -0.25) is 4.68 Å². The fourth-order valence-electron chi connectivity index (χ4n) is 2.65. The Morgan fingerprint density at radius 1 is 1.17 bits per heavy atom. The summed E-state index contributed by atoms with van der Waals surface area (Å²) in [6.45, 7) is 4.36. The molecule has 3 rings (SSSR count). The van der Waals surface area contributed by atoms with Crippen LogP contribution in [-0.2, 0) is 13.5 Å². The zero-order valence-corrected chi connectivity index (χ0v) is 14.9. The largest absolute Gasteiger partial charge is 0.378 e. The van der Waals surface area contributed by atoms with Crippen molar-refractivity contribution >= 4 is 5.69 Å². The predicted octanol–water partition coefficient (Wildman–Crippen LogP) is 2.93. The van der Waals surface area contributed by atoms with E-state index in [2.05, 4.69) is 48.1 Å². The standard InChI is InChI=1S/C18H24N6/c1-13(2)11-16-20-18(14-7-6-8-15(12-14)22(3)4)24(21-16)17-9-10-19-23(17)5/h6-10,12-13H,11H2,1-5H3. The molecule has 2 aromatic heterocycles. The monoisotopic (exact) mass is 324 g/mol. The molecule has 1 aromatic carbocycles. The Bertz CT molecular complexity index is 828. The molecule has 0 radical (unpaired) electrons. The van der Waals surface area contributed by atoms with E-state index in [9.17, 15) is 0 Å². The van der Waals surface area contributed by atoms with Crippen LogP contribution in [0.2, 0.25) is 0 Å². The minimum Gasteiger partial charge on any atom is -0.378 e. The molecule has 6 nitrogen and oxygen atoms in total. The predicted molar refractivity (Wildman–Crippen MR) is 96.4 cm³/mol. The molecule has 0 atom stereocenters. The first-order chi connectivity index (χ1) is 11.5. The van der Waals surface area contributed by atoms with Crippen LogP contribution in [0.1, 0.15) is 19.7 Å². The summed E-state index contributed by atoms with van der Waals surface area (Å²) < 4.78 is 3.70. The molecule has 0 amide bonds. The number of aromatic nitrogens is 5. The molecule has 0 saturated carbocycles. The normalized spacial score (nSPS) is 11.2. The van der Waals surface area contributed by atoms with Gasteiger partial charge in [0, 0.05) is 44.9 Å². The van der Waals surface area contributed by atoms with Crippen LogP contribution in [0, 0.1) is 5.92 Å². The van der Waals surface area contributed by atoms with Gasteiger partial charge < -0.3 is 4.90 Å². The number of anilines is 1. The summed E-state index contributed by atoms with van der Waals surface area (Å²) in [5.41, 5.74) is 2.18. The van der Waals surface area contributed by atoms with Crippen molar-refractivity contribution in [2.24, 2.45) is 13.0 Å². The minimum absolute atomic E-state index is 0.508. The Morgan fingerprint density at radius 3 is 2.58 bits per heavy atom. The van der Waals surface area contributed by atoms with Gasteiger partial charge in [-0.25, -0.2) is 4.98 Å². The summed E-state index contributed by atoms with van der Waals surface area (Å²) in [5.74, 6) is 3.12. The van der Waals surface area contributed by atoms with Crippen LogP contribution in [0.25, 0.3) is 17.2 Å². The first kappa shape index (κ1) is 16.2. The Labute approximate surface area is 142 Å². The van der Waals surface area contributed by atoms with Crippen molar-refractivity contribution in [1.29, 1.82) is 0 Å². The lowest BCUT2D eigenvalue weighted by atomic mass is 10.1. The van der Waals surface area contributed by atoms with Gasteiger partial charge in [-0.05, 0) is 18.1 Å². The number of benzene rings is 1. The van der Waals surface area contributed by atoms with Gasteiger partial charge >= 0.3 is 0 Å². The third-order valence-electron chi connectivity index (χ3n) is 3.87. The number of aryl methyl sites for hydroxylation is 1. The molecule has 0 saturated heterocycles. The Hall–Kier alpha value is -2.63. The van der Waals surface area contributed by atoms with Crippen LogP contribution in [0.15, 0.2) is 36.5 Å². The van der Waals surface area contributed by atoms with E-state index in [4.69, 9.17) is 10.1 Å². The highest BCUT2D eigenvalue weighted by Gasteiger charge is 2.17. The average molecular weight is 324 g/mol. The van der Waals surface area contributed by atoms with E-state index in [1.807, 2.05) is 36.6 Å². The fourth-order valence-corrected chi connectivity index (χ4v) is 2.65. The van der Waals surface area contributed by atoms with E-state index in [1.165, 1.54) is 0 Å². The van der Waals surface area contributed by atoms with Crippen molar-refractivity contribution in [3.05, 3.63) is 42.4 Å². The molecule has 0 aliphatic heterocycles. The molecule has 126 valence electrons. The highest BCUT2D eigenvalue weighted by molar-refractivity contribution is 5.64. The molecule has 0 N–H and O–H groups in total. The second kappa shape index (κ2) is 6.47. The first-order valence-corrected chi connectivity index (χ1v) is 8.17. The quantitative estimate of drug-likeness (QED) is 0.724. The topological polar surface area (TPSA) is 51.8 Å². The molecule has 0 aliphatic rings. The molecule has 0 spiro atoms. The maximum atomic E-state index is 4.81. The van der Waals surface area contributed by atoms with Crippen molar-refractivity contribution in [2.75, 3.05) is 19.0 Å². The number of hydrogen-bond donors (Lipinski definition) is 0. The Kier molecular flexibility index (Phi) is 4.38. The van der Waals surface area contributed by atoms with Gasteiger partial charge in [-0.2, -0.15) is 9.78 Å². The van der Waals surface area contributed by atoms with Crippen LogP contribution in [0.3, 0.4) is 0 Å². The Balaban J connectivity index is 2.13. The lowest BCUT2D eigenvalue weighted by Gasteiger charge is -2.13. The van der Waals surface area contributed by atoms with Crippen LogP contribution >= 0.6 is 0 Å². The van der Waals surface area contributed by atoms with Crippen LogP contribution in [0.4, 0.5) is 5.69 Å². The maximum Gasteiger partial charge on any atom is 0.165 e. The molecule has 0 aliphatic carbocycles. The zero-order valence-electron chi connectivity index (χ0n) is 14.9. The summed E-state index contributed by atoms with van der Waals surface area (Å²) in [6.07, 6.45) is 2.63. The van der Waals surface area contributed by atoms with Gasteiger partial charge in [0.25, 0.3) is 0 Å². The third-order valence-corrected chi connectivity index (χ3v) is 3.87. The fraction of sp³-hybridized carbons (Fsp3) is 0.389. The van der Waals surface area contributed by atoms with Crippen LogP contribution in [-0.4, -0.2) is 38.6 Å². The van der Waals surface area contributed by atoms with Crippen molar-refractivity contribution < 1.29 is 0 Å². The lowest BCUT2D eigenvalue weighted by molar-refractivity contribution is 0.614. The van der Waals surface area contributed by atoms with Gasteiger partial charge in [0.1, 0.15) is 0 Å². The second-order valence-corrected chi connectivity index (χ2v) is 6.62. The van der Waals surface area contributed by atoms with Crippen molar-refractivity contribution in [3.8, 4) is 17.2 Å². The molecule has 0 fully saturated rings. The molecule has 6 heteroatoms. The second-order valence-electron chi connectivity index (χ2n) is 6.62. The lowest BCUT2D eigenvalue weighted by Crippen LogP contribution is -2.09. The zero-order chi connectivity index (χ0) is 17.3. The minimum atomic E-state index is 0.508. The smallest absolute Gasteiger partial charge is 0.165 e. The highest BCUT2D eigenvalue weighted by atomic mass is 15.4. The van der Waals surface area contributed by atoms with E-state index in [0.717, 1.165) is 35.1 Å². The van der Waals surface area contributed by atoms with Gasteiger partial charge in [-0.1, -0.05) is 26.0 Å². The number of nitrogens with zero attached hydrogens (tertiary/aromatic N) is 6. The van der Waals surface area contributed by atoms with Crippen LogP contribution in [0.5, 0.6) is 0 Å². The van der Waals surface area contributed by atoms with Crippen LogP contribution < -0.4 is 4.90 Å². The summed E-state index contributed by atoms with van der Waals surface area (Å²) in [5, 5.41) is 9.00. The molecule has 0 bridgehead atoms. The van der Waals surface area contributed by atoms with E-state index in [1.54, 1.807) is 6.20 Å². The van der Waals surface area contributed by atoms with Gasteiger partial charge in [0.05, 0.1) is 6.20 Å². The SMILES string of the molecule is CC(C)Cc1nc(-c2cccc(N(C)C)c2)n(-c2ccnn2C)n1. The van der Waals surface area contributed by atoms with E-state index in [-0.39, 0.29) is 0 Å².